The number of carbonyl (C=O) groups excluding carboxylic acids is 1. The second-order valence-corrected chi connectivity index (χ2v) is 4.87. The first-order valence-corrected chi connectivity index (χ1v) is 6.43. The Labute approximate surface area is 118 Å². The Morgan fingerprint density at radius 1 is 1.21 bits per heavy atom. The predicted octanol–water partition coefficient (Wildman–Crippen LogP) is 3.23. The van der Waals surface area contributed by atoms with Crippen LogP contribution < -0.4 is 11.1 Å². The Kier molecular flexibility index (Phi) is 4.16. The Morgan fingerprint density at radius 2 is 1.89 bits per heavy atom. The molecule has 0 saturated heterocycles. The molecule has 2 aromatic rings. The van der Waals surface area contributed by atoms with Gasteiger partial charge in [0.2, 0.25) is 5.91 Å². The van der Waals surface area contributed by atoms with Gasteiger partial charge in [-0.05, 0) is 45.8 Å². The second-order valence-electron chi connectivity index (χ2n) is 4.02. The van der Waals surface area contributed by atoms with Gasteiger partial charge in [-0.15, -0.1) is 0 Å². The van der Waals surface area contributed by atoms with Crippen LogP contribution in [-0.2, 0) is 4.79 Å². The van der Waals surface area contributed by atoms with E-state index in [0.29, 0.717) is 10.0 Å². The molecule has 0 fully saturated rings. The fourth-order valence-electron chi connectivity index (χ4n) is 1.71. The molecule has 1 atom stereocenters. The van der Waals surface area contributed by atoms with Gasteiger partial charge in [0.15, 0.2) is 0 Å². The number of carbonyl (C=O) groups is 1. The maximum atomic E-state index is 13.2. The van der Waals surface area contributed by atoms with Crippen LogP contribution in [0, 0.1) is 5.82 Å². The third kappa shape index (κ3) is 3.32. The molecule has 0 aromatic heterocycles. The van der Waals surface area contributed by atoms with Crippen molar-refractivity contribution in [3.8, 4) is 0 Å². The van der Waals surface area contributed by atoms with Crippen LogP contribution in [0.15, 0.2) is 53.0 Å². The van der Waals surface area contributed by atoms with Crippen LogP contribution in [0.1, 0.15) is 11.6 Å². The largest absolute Gasteiger partial charge is 0.370 e. The number of nitrogens with two attached hydrogens (primary N) is 1. The third-order valence-electron chi connectivity index (χ3n) is 2.65. The Hall–Kier alpha value is -1.88. The lowest BCUT2D eigenvalue weighted by Gasteiger charge is -2.17. The van der Waals surface area contributed by atoms with Crippen LogP contribution in [0.4, 0.5) is 10.1 Å². The lowest BCUT2D eigenvalue weighted by Crippen LogP contribution is -2.27. The number of rotatable bonds is 4. The maximum Gasteiger partial charge on any atom is 0.244 e. The third-order valence-corrected chi connectivity index (χ3v) is 3.25. The minimum absolute atomic E-state index is 0.297. The zero-order valence-electron chi connectivity index (χ0n) is 9.94. The standard InChI is InChI=1S/C14H12BrFN2O/c15-11-8-9(6-7-12(11)16)13(14(17)19)18-10-4-2-1-3-5-10/h1-8,13,18H,(H2,17,19). The van der Waals surface area contributed by atoms with Crippen LogP contribution in [0.2, 0.25) is 0 Å². The molecule has 3 N–H and O–H groups in total. The van der Waals surface area contributed by atoms with Crippen molar-refractivity contribution in [3.63, 3.8) is 0 Å². The number of anilines is 1. The molecule has 0 bridgehead atoms. The molecule has 0 aliphatic carbocycles. The van der Waals surface area contributed by atoms with Gasteiger partial charge in [-0.3, -0.25) is 4.79 Å². The Balaban J connectivity index is 2.30. The van der Waals surface area contributed by atoms with Gasteiger partial charge in [-0.2, -0.15) is 0 Å². The maximum absolute atomic E-state index is 13.2. The Bertz CT molecular complexity index is 589. The summed E-state index contributed by atoms with van der Waals surface area (Å²) in [7, 11) is 0. The number of para-hydroxylation sites is 1. The summed E-state index contributed by atoms with van der Waals surface area (Å²) in [5, 5.41) is 3.02. The smallest absolute Gasteiger partial charge is 0.244 e. The average Bonchev–Trinajstić information content (AvgIpc) is 2.40. The monoisotopic (exact) mass is 322 g/mol. The minimum atomic E-state index is -0.709. The SMILES string of the molecule is NC(=O)C(Nc1ccccc1)c1ccc(F)c(Br)c1. The highest BCUT2D eigenvalue weighted by atomic mass is 79.9. The van der Waals surface area contributed by atoms with E-state index in [9.17, 15) is 9.18 Å². The molecule has 2 rings (SSSR count). The summed E-state index contributed by atoms with van der Waals surface area (Å²) in [6.07, 6.45) is 0. The summed E-state index contributed by atoms with van der Waals surface area (Å²) in [4.78, 5) is 11.6. The summed E-state index contributed by atoms with van der Waals surface area (Å²) in [5.74, 6) is -0.908. The number of amides is 1. The number of primary amides is 1. The molecular weight excluding hydrogens is 311 g/mol. The Morgan fingerprint density at radius 3 is 2.47 bits per heavy atom. The highest BCUT2D eigenvalue weighted by Crippen LogP contribution is 2.24. The molecule has 5 heteroatoms. The van der Waals surface area contributed by atoms with Crippen LogP contribution >= 0.6 is 15.9 Å². The van der Waals surface area contributed by atoms with E-state index < -0.39 is 11.9 Å². The van der Waals surface area contributed by atoms with Crippen molar-refractivity contribution in [1.82, 2.24) is 0 Å². The summed E-state index contributed by atoms with van der Waals surface area (Å²) in [6.45, 7) is 0. The molecule has 98 valence electrons. The first-order chi connectivity index (χ1) is 9.08. The molecule has 2 aromatic carbocycles. The number of nitrogens with one attached hydrogen (secondary N) is 1. The van der Waals surface area contributed by atoms with Gasteiger partial charge in [0.05, 0.1) is 4.47 Å². The summed E-state index contributed by atoms with van der Waals surface area (Å²) < 4.78 is 13.5. The van der Waals surface area contributed by atoms with Gasteiger partial charge in [0.1, 0.15) is 11.9 Å². The highest BCUT2D eigenvalue weighted by molar-refractivity contribution is 9.10. The van der Waals surface area contributed by atoms with Gasteiger partial charge in [0.25, 0.3) is 0 Å². The van der Waals surface area contributed by atoms with E-state index >= 15 is 0 Å². The van der Waals surface area contributed by atoms with Crippen molar-refractivity contribution in [2.75, 3.05) is 5.32 Å². The van der Waals surface area contributed by atoms with Crippen molar-refractivity contribution in [2.24, 2.45) is 5.73 Å². The molecule has 19 heavy (non-hydrogen) atoms. The molecule has 0 saturated carbocycles. The topological polar surface area (TPSA) is 55.1 Å². The van der Waals surface area contributed by atoms with Gasteiger partial charge in [0, 0.05) is 5.69 Å². The van der Waals surface area contributed by atoms with Crippen molar-refractivity contribution < 1.29 is 9.18 Å². The zero-order valence-corrected chi connectivity index (χ0v) is 11.5. The van der Waals surface area contributed by atoms with Gasteiger partial charge >= 0.3 is 0 Å². The van der Waals surface area contributed by atoms with E-state index in [0.717, 1.165) is 5.69 Å². The molecule has 1 amide bonds. The van der Waals surface area contributed by atoms with E-state index in [-0.39, 0.29) is 5.82 Å². The average molecular weight is 323 g/mol. The first kappa shape index (κ1) is 13.5. The number of hydrogen-bond acceptors (Lipinski definition) is 2. The predicted molar refractivity (Wildman–Crippen MR) is 76.1 cm³/mol. The first-order valence-electron chi connectivity index (χ1n) is 5.64. The van der Waals surface area contributed by atoms with Crippen molar-refractivity contribution in [1.29, 1.82) is 0 Å². The molecule has 1 unspecified atom stereocenters. The molecule has 3 nitrogen and oxygen atoms in total. The number of halogens is 2. The molecule has 0 aliphatic heterocycles. The molecular formula is C14H12BrFN2O. The second kappa shape index (κ2) is 5.84. The number of hydrogen-bond donors (Lipinski definition) is 2. The number of benzene rings is 2. The van der Waals surface area contributed by atoms with Gasteiger partial charge in [-0.1, -0.05) is 24.3 Å². The van der Waals surface area contributed by atoms with Crippen LogP contribution in [0.25, 0.3) is 0 Å². The van der Waals surface area contributed by atoms with E-state index in [1.165, 1.54) is 12.1 Å². The molecule has 0 aliphatic rings. The van der Waals surface area contributed by atoms with Crippen LogP contribution in [0.5, 0.6) is 0 Å². The summed E-state index contributed by atoms with van der Waals surface area (Å²) in [5.41, 5.74) is 6.77. The van der Waals surface area contributed by atoms with Crippen LogP contribution in [0.3, 0.4) is 0 Å². The lowest BCUT2D eigenvalue weighted by molar-refractivity contribution is -0.118. The summed E-state index contributed by atoms with van der Waals surface area (Å²) in [6, 6.07) is 12.9. The van der Waals surface area contributed by atoms with Gasteiger partial charge in [-0.25, -0.2) is 4.39 Å². The molecule has 0 radical (unpaired) electrons. The van der Waals surface area contributed by atoms with E-state index in [1.807, 2.05) is 30.3 Å². The fourth-order valence-corrected chi connectivity index (χ4v) is 2.11. The highest BCUT2D eigenvalue weighted by Gasteiger charge is 2.18. The molecule has 0 spiro atoms. The van der Waals surface area contributed by atoms with E-state index in [2.05, 4.69) is 21.2 Å². The van der Waals surface area contributed by atoms with Gasteiger partial charge < -0.3 is 11.1 Å². The fraction of sp³-hybridized carbons (Fsp3) is 0.0714. The summed E-state index contributed by atoms with van der Waals surface area (Å²) >= 11 is 3.09. The quantitative estimate of drug-likeness (QED) is 0.908. The van der Waals surface area contributed by atoms with Crippen molar-refractivity contribution >= 4 is 27.5 Å². The van der Waals surface area contributed by atoms with Crippen LogP contribution in [-0.4, -0.2) is 5.91 Å². The van der Waals surface area contributed by atoms with E-state index in [4.69, 9.17) is 5.73 Å². The zero-order chi connectivity index (χ0) is 13.8. The van der Waals surface area contributed by atoms with Crippen molar-refractivity contribution in [3.05, 3.63) is 64.4 Å². The van der Waals surface area contributed by atoms with E-state index in [1.54, 1.807) is 6.07 Å². The normalized spacial score (nSPS) is 11.9. The minimum Gasteiger partial charge on any atom is -0.370 e. The van der Waals surface area contributed by atoms with Crippen molar-refractivity contribution in [2.45, 2.75) is 6.04 Å². The molecule has 0 heterocycles. The lowest BCUT2D eigenvalue weighted by atomic mass is 10.1.